The summed E-state index contributed by atoms with van der Waals surface area (Å²) in [6, 6.07) is 19.6. The molecule has 0 unspecified atom stereocenters. The van der Waals surface area contributed by atoms with Crippen molar-refractivity contribution in [3.05, 3.63) is 71.8 Å². The first-order valence-electron chi connectivity index (χ1n) is 8.30. The van der Waals surface area contributed by atoms with Gasteiger partial charge in [0.25, 0.3) is 0 Å². The summed E-state index contributed by atoms with van der Waals surface area (Å²) in [5.41, 5.74) is 2.08. The van der Waals surface area contributed by atoms with Gasteiger partial charge in [-0.05, 0) is 24.5 Å². The van der Waals surface area contributed by atoms with Crippen LogP contribution in [0.25, 0.3) is 0 Å². The summed E-state index contributed by atoms with van der Waals surface area (Å²) in [5, 5.41) is 19.4. The Morgan fingerprint density at radius 1 is 0.833 bits per heavy atom. The van der Waals surface area contributed by atoms with E-state index in [2.05, 4.69) is 0 Å². The Kier molecular flexibility index (Phi) is 7.92. The minimum atomic E-state index is -0.693. The van der Waals surface area contributed by atoms with Gasteiger partial charge in [0.2, 0.25) is 0 Å². The molecular weight excluding hydrogens is 304 g/mol. The van der Waals surface area contributed by atoms with Crippen molar-refractivity contribution >= 4 is 0 Å². The molecule has 0 fully saturated rings. The molecule has 2 aromatic carbocycles. The van der Waals surface area contributed by atoms with Gasteiger partial charge in [0.05, 0.1) is 25.4 Å². The molecule has 0 saturated heterocycles. The Morgan fingerprint density at radius 3 is 1.79 bits per heavy atom. The van der Waals surface area contributed by atoms with Gasteiger partial charge in [-0.15, -0.1) is 0 Å². The fraction of sp³-hybridized carbons (Fsp3) is 0.400. The summed E-state index contributed by atoms with van der Waals surface area (Å²) < 4.78 is 11.8. The first-order valence-corrected chi connectivity index (χ1v) is 8.30. The summed E-state index contributed by atoms with van der Waals surface area (Å²) in [7, 11) is 0. The van der Waals surface area contributed by atoms with E-state index in [1.807, 2.05) is 60.7 Å². The molecule has 0 heterocycles. The zero-order valence-electron chi connectivity index (χ0n) is 14.0. The van der Waals surface area contributed by atoms with Crippen molar-refractivity contribution in [1.29, 1.82) is 0 Å². The van der Waals surface area contributed by atoms with Crippen molar-refractivity contribution in [3.8, 4) is 0 Å². The van der Waals surface area contributed by atoms with Gasteiger partial charge in [-0.2, -0.15) is 0 Å². The maximum Gasteiger partial charge on any atom is 0.110 e. The van der Waals surface area contributed by atoms with E-state index in [0.29, 0.717) is 19.6 Å². The van der Waals surface area contributed by atoms with Gasteiger partial charge in [-0.25, -0.2) is 0 Å². The van der Waals surface area contributed by atoms with Crippen molar-refractivity contribution in [3.63, 3.8) is 0 Å². The van der Waals surface area contributed by atoms with Crippen LogP contribution in [0, 0.1) is 0 Å². The van der Waals surface area contributed by atoms with Crippen molar-refractivity contribution in [2.24, 2.45) is 0 Å². The fourth-order valence-electron chi connectivity index (χ4n) is 2.57. The number of hydrogen-bond donors (Lipinski definition) is 2. The van der Waals surface area contributed by atoms with Crippen LogP contribution >= 0.6 is 0 Å². The predicted octanol–water partition coefficient (Wildman–Crippen LogP) is 2.92. The molecule has 0 aliphatic heterocycles. The molecule has 0 radical (unpaired) electrons. The predicted molar refractivity (Wildman–Crippen MR) is 93.4 cm³/mol. The van der Waals surface area contributed by atoms with Gasteiger partial charge in [0.1, 0.15) is 6.10 Å². The van der Waals surface area contributed by atoms with E-state index in [4.69, 9.17) is 9.47 Å². The number of benzene rings is 2. The highest BCUT2D eigenvalue weighted by Crippen LogP contribution is 2.17. The van der Waals surface area contributed by atoms with E-state index >= 15 is 0 Å². The monoisotopic (exact) mass is 330 g/mol. The molecule has 0 amide bonds. The second kappa shape index (κ2) is 10.2. The maximum absolute atomic E-state index is 10.1. The van der Waals surface area contributed by atoms with Crippen LogP contribution in [0.1, 0.15) is 24.5 Å². The molecule has 2 rings (SSSR count). The second-order valence-corrected chi connectivity index (χ2v) is 5.85. The Hall–Kier alpha value is -1.72. The summed E-state index contributed by atoms with van der Waals surface area (Å²) in [6.07, 6.45) is -1.15. The molecule has 4 nitrogen and oxygen atoms in total. The van der Waals surface area contributed by atoms with Gasteiger partial charge in [0, 0.05) is 6.61 Å². The van der Waals surface area contributed by atoms with Crippen LogP contribution in [0.2, 0.25) is 0 Å². The van der Waals surface area contributed by atoms with E-state index < -0.39 is 12.2 Å². The maximum atomic E-state index is 10.1. The number of ether oxygens (including phenoxy) is 2. The summed E-state index contributed by atoms with van der Waals surface area (Å²) in [5.74, 6) is 0. The molecule has 130 valence electrons. The second-order valence-electron chi connectivity index (χ2n) is 5.85. The van der Waals surface area contributed by atoms with Gasteiger partial charge in [-0.1, -0.05) is 60.7 Å². The molecule has 3 atom stereocenters. The molecule has 0 saturated carbocycles. The highest BCUT2D eigenvalue weighted by Gasteiger charge is 2.27. The third kappa shape index (κ3) is 6.06. The average molecular weight is 330 g/mol. The van der Waals surface area contributed by atoms with E-state index in [1.165, 1.54) is 0 Å². The average Bonchev–Trinajstić information content (AvgIpc) is 2.61. The number of aliphatic hydroxyl groups excluding tert-OH is 2. The Bertz CT molecular complexity index is 556. The first kappa shape index (κ1) is 18.6. The van der Waals surface area contributed by atoms with Gasteiger partial charge < -0.3 is 19.7 Å². The van der Waals surface area contributed by atoms with Crippen LogP contribution in [-0.2, 0) is 22.7 Å². The normalized spacial score (nSPS) is 15.0. The molecule has 24 heavy (non-hydrogen) atoms. The third-order valence-electron chi connectivity index (χ3n) is 3.85. The van der Waals surface area contributed by atoms with Gasteiger partial charge in [0.15, 0.2) is 0 Å². The molecule has 0 aliphatic rings. The number of rotatable bonds is 10. The van der Waals surface area contributed by atoms with Crippen molar-refractivity contribution < 1.29 is 19.7 Å². The lowest BCUT2D eigenvalue weighted by Crippen LogP contribution is -2.40. The van der Waals surface area contributed by atoms with Gasteiger partial charge in [-0.3, -0.25) is 0 Å². The summed E-state index contributed by atoms with van der Waals surface area (Å²) in [6.45, 7) is 2.49. The topological polar surface area (TPSA) is 58.9 Å². The standard InChI is InChI=1S/C20H26O4/c1-16(22)20(24-15-18-10-6-3-7-11-18)19(12-13-21)23-14-17-8-4-2-5-9-17/h2-11,16,19-22H,12-15H2,1H3/t16-,19+,20+/m0/s1. The number of aliphatic hydroxyl groups is 2. The fourth-order valence-corrected chi connectivity index (χ4v) is 2.57. The minimum absolute atomic E-state index is 0.0165. The van der Waals surface area contributed by atoms with Crippen LogP contribution < -0.4 is 0 Å². The van der Waals surface area contributed by atoms with Crippen molar-refractivity contribution in [1.82, 2.24) is 0 Å². The van der Waals surface area contributed by atoms with E-state index in [1.54, 1.807) is 6.92 Å². The highest BCUT2D eigenvalue weighted by molar-refractivity contribution is 5.14. The van der Waals surface area contributed by atoms with E-state index in [0.717, 1.165) is 11.1 Å². The van der Waals surface area contributed by atoms with Crippen molar-refractivity contribution in [2.75, 3.05) is 6.61 Å². The lowest BCUT2D eigenvalue weighted by molar-refractivity contribution is -0.132. The minimum Gasteiger partial charge on any atom is -0.396 e. The van der Waals surface area contributed by atoms with Crippen LogP contribution in [0.4, 0.5) is 0 Å². The highest BCUT2D eigenvalue weighted by atomic mass is 16.5. The smallest absolute Gasteiger partial charge is 0.110 e. The van der Waals surface area contributed by atoms with Gasteiger partial charge >= 0.3 is 0 Å². The lowest BCUT2D eigenvalue weighted by Gasteiger charge is -2.29. The molecule has 0 aliphatic carbocycles. The zero-order chi connectivity index (χ0) is 17.2. The zero-order valence-corrected chi connectivity index (χ0v) is 14.0. The molecule has 4 heteroatoms. The lowest BCUT2D eigenvalue weighted by atomic mass is 10.1. The largest absolute Gasteiger partial charge is 0.396 e. The first-order chi connectivity index (χ1) is 11.7. The molecule has 2 N–H and O–H groups in total. The third-order valence-corrected chi connectivity index (χ3v) is 3.85. The Morgan fingerprint density at radius 2 is 1.33 bits per heavy atom. The summed E-state index contributed by atoms with van der Waals surface area (Å²) >= 11 is 0. The van der Waals surface area contributed by atoms with E-state index in [-0.39, 0.29) is 12.7 Å². The molecule has 0 bridgehead atoms. The van der Waals surface area contributed by atoms with Crippen LogP contribution in [-0.4, -0.2) is 35.1 Å². The quantitative estimate of drug-likeness (QED) is 0.703. The SMILES string of the molecule is C[C@H](O)[C@@H](OCc1ccccc1)[C@@H](CCO)OCc1ccccc1. The Balaban J connectivity index is 1.97. The molecule has 0 spiro atoms. The van der Waals surface area contributed by atoms with Crippen molar-refractivity contribution in [2.45, 2.75) is 44.9 Å². The molecular formula is C20H26O4. The van der Waals surface area contributed by atoms with Crippen LogP contribution in [0.5, 0.6) is 0 Å². The van der Waals surface area contributed by atoms with Crippen LogP contribution in [0.15, 0.2) is 60.7 Å². The van der Waals surface area contributed by atoms with E-state index in [9.17, 15) is 10.2 Å². The Labute approximate surface area is 143 Å². The molecule has 0 aromatic heterocycles. The summed E-state index contributed by atoms with van der Waals surface area (Å²) in [4.78, 5) is 0. The molecule has 2 aromatic rings. The number of hydrogen-bond acceptors (Lipinski definition) is 4. The van der Waals surface area contributed by atoms with Crippen LogP contribution in [0.3, 0.4) is 0 Å².